The lowest BCUT2D eigenvalue weighted by atomic mass is 10.1. The normalized spacial score (nSPS) is 16.4. The summed E-state index contributed by atoms with van der Waals surface area (Å²) >= 11 is 0. The van der Waals surface area contributed by atoms with E-state index in [9.17, 15) is 4.79 Å². The standard InChI is InChI=1S/C23H22N8O2/c1-14-6-8-26-18(10-14)19-12-33-23(32)31(19)20-7-9-30-22(29-20)17(11-28-30)15-2-4-16(5-3-15)21(25)27-13-24/h2-11,19H,12-13,24H2,1H3,(H2,25,27)/t19-/m1/s1. The molecule has 1 aliphatic heterocycles. The summed E-state index contributed by atoms with van der Waals surface area (Å²) in [7, 11) is 0. The third kappa shape index (κ3) is 3.76. The van der Waals surface area contributed by atoms with Crippen molar-refractivity contribution in [2.24, 2.45) is 16.5 Å². The molecule has 1 aromatic carbocycles. The van der Waals surface area contributed by atoms with Crippen molar-refractivity contribution in [2.45, 2.75) is 13.0 Å². The maximum absolute atomic E-state index is 12.6. The Morgan fingerprint density at radius 1 is 1.24 bits per heavy atom. The van der Waals surface area contributed by atoms with E-state index >= 15 is 0 Å². The largest absolute Gasteiger partial charge is 0.446 e. The molecular formula is C23H22N8O2. The van der Waals surface area contributed by atoms with E-state index in [1.54, 1.807) is 29.2 Å². The minimum absolute atomic E-state index is 0.131. The van der Waals surface area contributed by atoms with Crippen molar-refractivity contribution >= 4 is 23.4 Å². The highest BCUT2D eigenvalue weighted by Gasteiger charge is 2.37. The molecule has 1 atom stereocenters. The number of aliphatic imine (C=N–C) groups is 1. The van der Waals surface area contributed by atoms with E-state index in [0.29, 0.717) is 17.3 Å². The Kier molecular flexibility index (Phi) is 5.19. The van der Waals surface area contributed by atoms with Gasteiger partial charge in [-0.15, -0.1) is 0 Å². The van der Waals surface area contributed by atoms with E-state index in [1.807, 2.05) is 43.3 Å². The fourth-order valence-corrected chi connectivity index (χ4v) is 3.84. The maximum Gasteiger partial charge on any atom is 0.416 e. The van der Waals surface area contributed by atoms with Crippen LogP contribution in [-0.2, 0) is 4.74 Å². The van der Waals surface area contributed by atoms with Crippen LogP contribution in [0.25, 0.3) is 16.8 Å². The zero-order chi connectivity index (χ0) is 22.9. The number of hydrogen-bond donors (Lipinski definition) is 2. The van der Waals surface area contributed by atoms with Crippen LogP contribution in [0.15, 0.2) is 66.0 Å². The predicted molar refractivity (Wildman–Crippen MR) is 124 cm³/mol. The Morgan fingerprint density at radius 2 is 2.06 bits per heavy atom. The van der Waals surface area contributed by atoms with Crippen LogP contribution >= 0.6 is 0 Å². The van der Waals surface area contributed by atoms with Crippen LogP contribution < -0.4 is 16.4 Å². The predicted octanol–water partition coefficient (Wildman–Crippen LogP) is 2.42. The van der Waals surface area contributed by atoms with Gasteiger partial charge in [0.25, 0.3) is 0 Å². The molecule has 0 aliphatic carbocycles. The molecule has 4 aromatic rings. The number of cyclic esters (lactones) is 1. The molecule has 1 aliphatic rings. The first-order chi connectivity index (χ1) is 16.0. The van der Waals surface area contributed by atoms with Crippen LogP contribution in [0.4, 0.5) is 10.6 Å². The molecule has 0 unspecified atom stereocenters. The fraction of sp³-hybridized carbons (Fsp3) is 0.174. The number of carbonyl (C=O) groups is 1. The monoisotopic (exact) mass is 442 g/mol. The molecule has 0 saturated carbocycles. The molecule has 4 N–H and O–H groups in total. The molecule has 0 radical (unpaired) electrons. The van der Waals surface area contributed by atoms with Crippen LogP contribution in [0.2, 0.25) is 0 Å². The van der Waals surface area contributed by atoms with Crippen molar-refractivity contribution in [3.05, 3.63) is 77.9 Å². The molecule has 1 saturated heterocycles. The van der Waals surface area contributed by atoms with Gasteiger partial charge in [0.2, 0.25) is 0 Å². The zero-order valence-electron chi connectivity index (χ0n) is 17.9. The van der Waals surface area contributed by atoms with Crippen LogP contribution in [0, 0.1) is 6.92 Å². The van der Waals surface area contributed by atoms with Crippen LogP contribution in [0.1, 0.15) is 22.9 Å². The number of hydrogen-bond acceptors (Lipinski definition) is 7. The van der Waals surface area contributed by atoms with Crippen LogP contribution in [0.5, 0.6) is 0 Å². The molecule has 3 aromatic heterocycles. The molecular weight excluding hydrogens is 420 g/mol. The highest BCUT2D eigenvalue weighted by atomic mass is 16.6. The van der Waals surface area contributed by atoms with Gasteiger partial charge in [-0.2, -0.15) is 5.10 Å². The van der Waals surface area contributed by atoms with Gasteiger partial charge < -0.3 is 16.2 Å². The number of amides is 1. The number of nitrogens with zero attached hydrogens (tertiary/aromatic N) is 6. The zero-order valence-corrected chi connectivity index (χ0v) is 17.9. The summed E-state index contributed by atoms with van der Waals surface area (Å²) in [6, 6.07) is 12.8. The summed E-state index contributed by atoms with van der Waals surface area (Å²) in [6.45, 7) is 2.32. The number of ether oxygens (including phenoxy) is 1. The van der Waals surface area contributed by atoms with Crippen molar-refractivity contribution in [1.29, 1.82) is 0 Å². The van der Waals surface area contributed by atoms with Crippen molar-refractivity contribution in [2.75, 3.05) is 18.2 Å². The summed E-state index contributed by atoms with van der Waals surface area (Å²) in [6.07, 6.45) is 4.78. The van der Waals surface area contributed by atoms with Crippen LogP contribution in [0.3, 0.4) is 0 Å². The first kappa shape index (κ1) is 20.6. The Balaban J connectivity index is 1.53. The average Bonchev–Trinajstić information content (AvgIpc) is 3.42. The number of aryl methyl sites for hydroxylation is 1. The van der Waals surface area contributed by atoms with E-state index in [0.717, 1.165) is 27.9 Å². The summed E-state index contributed by atoms with van der Waals surface area (Å²) in [5.41, 5.74) is 16.3. The molecule has 10 heteroatoms. The number of pyridine rings is 1. The van der Waals surface area contributed by atoms with E-state index in [4.69, 9.17) is 21.2 Å². The van der Waals surface area contributed by atoms with Crippen molar-refractivity contribution in [1.82, 2.24) is 19.6 Å². The minimum Gasteiger partial charge on any atom is -0.446 e. The number of nitrogens with two attached hydrogens (primary N) is 2. The van der Waals surface area contributed by atoms with E-state index in [2.05, 4.69) is 15.1 Å². The molecule has 33 heavy (non-hydrogen) atoms. The van der Waals surface area contributed by atoms with Crippen LogP contribution in [-0.4, -0.2) is 44.8 Å². The van der Waals surface area contributed by atoms with Gasteiger partial charge in [0.1, 0.15) is 24.3 Å². The number of amidine groups is 1. The third-order valence-corrected chi connectivity index (χ3v) is 5.51. The Hall–Kier alpha value is -4.31. The van der Waals surface area contributed by atoms with E-state index in [-0.39, 0.29) is 19.3 Å². The lowest BCUT2D eigenvalue weighted by Crippen LogP contribution is -2.28. The molecule has 1 fully saturated rings. The van der Waals surface area contributed by atoms with Gasteiger partial charge in [0.05, 0.1) is 18.6 Å². The molecule has 0 bridgehead atoms. The van der Waals surface area contributed by atoms with Gasteiger partial charge in [0, 0.05) is 23.5 Å². The number of benzene rings is 1. The lowest BCUT2D eigenvalue weighted by Gasteiger charge is -2.20. The Bertz CT molecular complexity index is 1360. The van der Waals surface area contributed by atoms with Gasteiger partial charge in [-0.1, -0.05) is 24.3 Å². The highest BCUT2D eigenvalue weighted by molar-refractivity contribution is 5.98. The third-order valence-electron chi connectivity index (χ3n) is 5.51. The molecule has 166 valence electrons. The Morgan fingerprint density at radius 3 is 2.82 bits per heavy atom. The average molecular weight is 442 g/mol. The van der Waals surface area contributed by atoms with E-state index in [1.165, 1.54) is 4.90 Å². The summed E-state index contributed by atoms with van der Waals surface area (Å²) in [5.74, 6) is 0.851. The van der Waals surface area contributed by atoms with Crippen molar-refractivity contribution < 1.29 is 9.53 Å². The number of anilines is 1. The van der Waals surface area contributed by atoms with E-state index < -0.39 is 6.09 Å². The Labute approximate surface area is 189 Å². The molecule has 1 amide bonds. The topological polar surface area (TPSA) is 137 Å². The molecule has 4 heterocycles. The SMILES string of the molecule is Cc1ccnc([C@H]2COC(=O)N2c2ccn3ncc(-c4ccc(/C(N)=N/CN)cc4)c3n2)c1. The summed E-state index contributed by atoms with van der Waals surface area (Å²) < 4.78 is 7.01. The summed E-state index contributed by atoms with van der Waals surface area (Å²) in [5, 5.41) is 4.40. The smallest absolute Gasteiger partial charge is 0.416 e. The molecule has 0 spiro atoms. The van der Waals surface area contributed by atoms with Gasteiger partial charge in [0.15, 0.2) is 5.65 Å². The van der Waals surface area contributed by atoms with Gasteiger partial charge in [-0.25, -0.2) is 19.2 Å². The lowest BCUT2D eigenvalue weighted by molar-refractivity contribution is 0.178. The first-order valence-corrected chi connectivity index (χ1v) is 10.4. The number of rotatable bonds is 5. The quantitative estimate of drug-likeness (QED) is 0.358. The number of fused-ring (bicyclic) bond motifs is 1. The second kappa shape index (κ2) is 8.32. The van der Waals surface area contributed by atoms with Crippen molar-refractivity contribution in [3.8, 4) is 11.1 Å². The van der Waals surface area contributed by atoms with Gasteiger partial charge >= 0.3 is 6.09 Å². The molecule has 10 nitrogen and oxygen atoms in total. The first-order valence-electron chi connectivity index (χ1n) is 10.4. The summed E-state index contributed by atoms with van der Waals surface area (Å²) in [4.78, 5) is 27.4. The van der Waals surface area contributed by atoms with Gasteiger partial charge in [-0.3, -0.25) is 9.98 Å². The van der Waals surface area contributed by atoms with Gasteiger partial charge in [-0.05, 0) is 36.2 Å². The molecule has 5 rings (SSSR count). The number of aromatic nitrogens is 4. The number of carbonyl (C=O) groups excluding carboxylic acids is 1. The second-order valence-electron chi connectivity index (χ2n) is 7.64. The van der Waals surface area contributed by atoms with Crippen molar-refractivity contribution in [3.63, 3.8) is 0 Å². The maximum atomic E-state index is 12.6. The second-order valence-corrected chi connectivity index (χ2v) is 7.64. The highest BCUT2D eigenvalue weighted by Crippen LogP contribution is 2.33. The fourth-order valence-electron chi connectivity index (χ4n) is 3.84. The minimum atomic E-state index is -0.458.